The van der Waals surface area contributed by atoms with Gasteiger partial charge in [0, 0.05) is 23.5 Å². The van der Waals surface area contributed by atoms with Crippen LogP contribution in [-0.4, -0.2) is 9.97 Å². The Kier molecular flexibility index (Phi) is 7.46. The van der Waals surface area contributed by atoms with Crippen molar-refractivity contribution in [3.8, 4) is 0 Å². The highest BCUT2D eigenvalue weighted by Crippen LogP contribution is 2.65. The second-order valence-corrected chi connectivity index (χ2v) is 9.68. The molecule has 1 heterocycles. The molecule has 1 aromatic carbocycles. The van der Waals surface area contributed by atoms with Crippen LogP contribution in [0.25, 0.3) is 5.70 Å². The smallest absolute Gasteiger partial charge is 0.220 e. The minimum Gasteiger partial charge on any atom is -0.401 e. The van der Waals surface area contributed by atoms with Crippen molar-refractivity contribution in [3.05, 3.63) is 69.1 Å². The SMILES string of the molecule is CC.CC1C2CC(c3nc(N)ncc3Br)/C(N)=C(/C=C(\N)c3c(F)cccc3F)CCC12C. The Labute approximate surface area is 202 Å². The third-order valence-corrected chi connectivity index (χ3v) is 7.86. The Bertz CT molecular complexity index is 1080. The highest BCUT2D eigenvalue weighted by Gasteiger charge is 2.58. The highest BCUT2D eigenvalue weighted by molar-refractivity contribution is 9.10. The van der Waals surface area contributed by atoms with Gasteiger partial charge in [0.25, 0.3) is 0 Å². The van der Waals surface area contributed by atoms with Crippen molar-refractivity contribution >= 4 is 27.6 Å². The van der Waals surface area contributed by atoms with Gasteiger partial charge in [0.1, 0.15) is 11.6 Å². The maximum Gasteiger partial charge on any atom is 0.220 e. The van der Waals surface area contributed by atoms with E-state index < -0.39 is 11.6 Å². The molecule has 4 unspecified atom stereocenters. The zero-order valence-corrected chi connectivity index (χ0v) is 21.1. The van der Waals surface area contributed by atoms with Gasteiger partial charge >= 0.3 is 0 Å². The van der Waals surface area contributed by atoms with Gasteiger partial charge in [-0.2, -0.15) is 0 Å². The molecular weight excluding hydrogens is 488 g/mol. The summed E-state index contributed by atoms with van der Waals surface area (Å²) in [5, 5.41) is 0. The van der Waals surface area contributed by atoms with Crippen molar-refractivity contribution in [1.29, 1.82) is 0 Å². The summed E-state index contributed by atoms with van der Waals surface area (Å²) in [6, 6.07) is 3.69. The summed E-state index contributed by atoms with van der Waals surface area (Å²) in [6.07, 6.45) is 5.63. The van der Waals surface area contributed by atoms with E-state index in [1.807, 2.05) is 13.8 Å². The highest BCUT2D eigenvalue weighted by atomic mass is 79.9. The lowest BCUT2D eigenvalue weighted by Gasteiger charge is -2.26. The molecule has 33 heavy (non-hydrogen) atoms. The van der Waals surface area contributed by atoms with Crippen LogP contribution in [0.4, 0.5) is 14.7 Å². The van der Waals surface area contributed by atoms with Gasteiger partial charge in [-0.1, -0.05) is 33.8 Å². The average Bonchev–Trinajstić information content (AvgIpc) is 3.29. The summed E-state index contributed by atoms with van der Waals surface area (Å²) in [7, 11) is 0. The van der Waals surface area contributed by atoms with E-state index in [9.17, 15) is 8.78 Å². The quantitative estimate of drug-likeness (QED) is 0.469. The molecule has 0 bridgehead atoms. The Hall–Kier alpha value is -2.48. The molecule has 4 rings (SSSR count). The molecule has 2 aliphatic rings. The van der Waals surface area contributed by atoms with Crippen LogP contribution in [0.2, 0.25) is 0 Å². The fourth-order valence-corrected chi connectivity index (χ4v) is 5.50. The molecule has 8 heteroatoms. The largest absolute Gasteiger partial charge is 0.401 e. The maximum absolute atomic E-state index is 14.3. The molecule has 1 saturated carbocycles. The number of hydrogen-bond donors (Lipinski definition) is 3. The van der Waals surface area contributed by atoms with Crippen LogP contribution in [0, 0.1) is 28.9 Å². The molecule has 178 valence electrons. The lowest BCUT2D eigenvalue weighted by molar-refractivity contribution is 0.413. The number of halogens is 3. The van der Waals surface area contributed by atoms with Crippen LogP contribution >= 0.6 is 15.9 Å². The summed E-state index contributed by atoms with van der Waals surface area (Å²) in [4.78, 5) is 8.49. The second-order valence-electron chi connectivity index (χ2n) is 8.83. The Balaban J connectivity index is 0.00000149. The molecular formula is C25H32BrF2N5. The number of rotatable bonds is 3. The van der Waals surface area contributed by atoms with E-state index in [4.69, 9.17) is 17.2 Å². The molecule has 0 amide bonds. The first-order valence-corrected chi connectivity index (χ1v) is 12.1. The normalized spacial score (nSPS) is 29.3. The molecule has 1 fully saturated rings. The number of nitrogens with two attached hydrogens (primary N) is 3. The third kappa shape index (κ3) is 4.76. The summed E-state index contributed by atoms with van der Waals surface area (Å²) < 4.78 is 29.3. The zero-order valence-electron chi connectivity index (χ0n) is 19.5. The van der Waals surface area contributed by atoms with Crippen LogP contribution in [0.3, 0.4) is 0 Å². The molecule has 1 aromatic heterocycles. The standard InChI is InChI=1S/C23H26BrF2N5.C2H6/c1-11-14-9-13(21-15(24)10-30-22(29)31-21)20(28)12(6-7-23(11,14)2)8-18(27)19-16(25)4-3-5-17(19)26;1-2/h3-5,8,10-11,13-14H,6-7,9,27-28H2,1-2H3,(H2,29,30,31);1-2H3/b18-8-,20-12-;. The van der Waals surface area contributed by atoms with E-state index in [2.05, 4.69) is 39.7 Å². The molecule has 0 aliphatic heterocycles. The molecule has 0 saturated heterocycles. The molecule has 5 nitrogen and oxygen atoms in total. The molecule has 0 spiro atoms. The number of fused-ring (bicyclic) bond motifs is 1. The number of nitrogen functional groups attached to an aromatic ring is 1. The number of allylic oxidation sites excluding steroid dienone is 3. The lowest BCUT2D eigenvalue weighted by atomic mass is 9.83. The van der Waals surface area contributed by atoms with E-state index in [1.54, 1.807) is 12.3 Å². The van der Waals surface area contributed by atoms with Gasteiger partial charge in [0.2, 0.25) is 5.95 Å². The van der Waals surface area contributed by atoms with Crippen molar-refractivity contribution in [2.75, 3.05) is 5.73 Å². The summed E-state index contributed by atoms with van der Waals surface area (Å²) in [5.74, 6) is -0.395. The van der Waals surface area contributed by atoms with Crippen LogP contribution in [0.15, 0.2) is 46.2 Å². The van der Waals surface area contributed by atoms with Crippen molar-refractivity contribution in [2.45, 2.75) is 52.9 Å². The molecule has 0 radical (unpaired) electrons. The van der Waals surface area contributed by atoms with Gasteiger partial charge in [0.15, 0.2) is 0 Å². The van der Waals surface area contributed by atoms with Gasteiger partial charge in [-0.3, -0.25) is 0 Å². The second kappa shape index (κ2) is 9.79. The number of aromatic nitrogens is 2. The van der Waals surface area contributed by atoms with E-state index in [1.165, 1.54) is 18.2 Å². The van der Waals surface area contributed by atoms with Crippen LogP contribution < -0.4 is 17.2 Å². The van der Waals surface area contributed by atoms with Crippen LogP contribution in [0.1, 0.15) is 64.1 Å². The van der Waals surface area contributed by atoms with E-state index >= 15 is 0 Å². The topological polar surface area (TPSA) is 104 Å². The third-order valence-electron chi connectivity index (χ3n) is 7.25. The van der Waals surface area contributed by atoms with Gasteiger partial charge in [-0.15, -0.1) is 0 Å². The number of anilines is 1. The van der Waals surface area contributed by atoms with Gasteiger partial charge in [-0.05, 0) is 76.2 Å². The first-order chi connectivity index (χ1) is 15.6. The first-order valence-electron chi connectivity index (χ1n) is 11.3. The fraction of sp³-hybridized carbons (Fsp3) is 0.440. The van der Waals surface area contributed by atoms with Crippen molar-refractivity contribution < 1.29 is 8.78 Å². The van der Waals surface area contributed by atoms with E-state index in [0.717, 1.165) is 28.6 Å². The van der Waals surface area contributed by atoms with Crippen molar-refractivity contribution in [2.24, 2.45) is 28.7 Å². The Morgan fingerprint density at radius 1 is 1.21 bits per heavy atom. The summed E-state index contributed by atoms with van der Waals surface area (Å²) in [6.45, 7) is 8.54. The van der Waals surface area contributed by atoms with Crippen molar-refractivity contribution in [3.63, 3.8) is 0 Å². The number of hydrogen-bond acceptors (Lipinski definition) is 5. The zero-order chi connectivity index (χ0) is 24.5. The Morgan fingerprint density at radius 3 is 2.48 bits per heavy atom. The van der Waals surface area contributed by atoms with Crippen molar-refractivity contribution in [1.82, 2.24) is 9.97 Å². The molecule has 2 aromatic rings. The lowest BCUT2D eigenvalue weighted by Crippen LogP contribution is -2.20. The minimum atomic E-state index is -0.704. The predicted molar refractivity (Wildman–Crippen MR) is 133 cm³/mol. The van der Waals surface area contributed by atoms with Gasteiger partial charge in [0.05, 0.1) is 15.7 Å². The minimum absolute atomic E-state index is 0.0136. The predicted octanol–water partition coefficient (Wildman–Crippen LogP) is 5.88. The maximum atomic E-state index is 14.3. The monoisotopic (exact) mass is 519 g/mol. The number of benzene rings is 1. The van der Waals surface area contributed by atoms with Gasteiger partial charge in [-0.25, -0.2) is 18.7 Å². The van der Waals surface area contributed by atoms with Gasteiger partial charge < -0.3 is 17.2 Å². The van der Waals surface area contributed by atoms with Crippen LogP contribution in [0.5, 0.6) is 0 Å². The number of nitrogens with zero attached hydrogens (tertiary/aromatic N) is 2. The molecule has 2 aliphatic carbocycles. The van der Waals surface area contributed by atoms with Crippen LogP contribution in [-0.2, 0) is 0 Å². The Morgan fingerprint density at radius 2 is 1.85 bits per heavy atom. The molecule has 6 N–H and O–H groups in total. The summed E-state index contributed by atoms with van der Waals surface area (Å²) >= 11 is 3.53. The van der Waals surface area contributed by atoms with E-state index in [0.29, 0.717) is 24.0 Å². The molecule has 4 atom stereocenters. The van der Waals surface area contributed by atoms with E-state index in [-0.39, 0.29) is 28.5 Å². The fourth-order valence-electron chi connectivity index (χ4n) is 5.04. The first kappa shape index (κ1) is 25.1. The average molecular weight is 520 g/mol. The summed E-state index contributed by atoms with van der Waals surface area (Å²) in [5.41, 5.74) is 20.7.